The molecule has 2 unspecified atom stereocenters. The number of nitro groups is 1. The molecule has 0 aromatic heterocycles. The third-order valence-corrected chi connectivity index (χ3v) is 6.79. The molecule has 1 saturated heterocycles. The zero-order valence-electron chi connectivity index (χ0n) is 15.2. The van der Waals surface area contributed by atoms with Crippen molar-refractivity contribution >= 4 is 21.6 Å². The largest absolute Gasteiger partial charge is 0.299 e. The second-order valence-corrected chi connectivity index (χ2v) is 9.19. The molecule has 1 aromatic rings. The van der Waals surface area contributed by atoms with Crippen molar-refractivity contribution in [3.63, 3.8) is 0 Å². The predicted molar refractivity (Wildman–Crippen MR) is 101 cm³/mol. The van der Waals surface area contributed by atoms with Crippen molar-refractivity contribution in [2.24, 2.45) is 5.92 Å². The number of fused-ring (bicyclic) bond motifs is 1. The number of carbonyl (C=O) groups is 1. The van der Waals surface area contributed by atoms with Crippen LogP contribution in [0.1, 0.15) is 48.9 Å². The number of carbonyl (C=O) groups excluding carboxylic acids is 1. The number of amides is 1. The summed E-state index contributed by atoms with van der Waals surface area (Å²) in [5, 5.41) is 10.8. The van der Waals surface area contributed by atoms with Crippen LogP contribution in [-0.4, -0.2) is 49.0 Å². The zero-order chi connectivity index (χ0) is 19.4. The molecule has 8 nitrogen and oxygen atoms in total. The maximum absolute atomic E-state index is 12.3. The van der Waals surface area contributed by atoms with Gasteiger partial charge in [-0.1, -0.05) is 18.9 Å². The standard InChI is InChI=1S/C18H25N3O5S/c22-18(15-6-3-8-16(13-15)21(23)24)19-27(25,26)12-11-20-10-4-7-14-5-1-2-9-17(14)20/h3,6,8,13-14,17H,1-2,4-5,7,9-12H2,(H,19,22). The number of sulfonamides is 1. The number of hydrogen-bond acceptors (Lipinski definition) is 6. The molecule has 1 heterocycles. The summed E-state index contributed by atoms with van der Waals surface area (Å²) in [5.41, 5.74) is -0.296. The van der Waals surface area contributed by atoms with Gasteiger partial charge in [0.05, 0.1) is 10.7 Å². The number of piperidine rings is 1. The number of non-ortho nitro benzene ring substituents is 1. The summed E-state index contributed by atoms with van der Waals surface area (Å²) in [6, 6.07) is 5.49. The average molecular weight is 395 g/mol. The highest BCUT2D eigenvalue weighted by Crippen LogP contribution is 2.35. The molecule has 1 N–H and O–H groups in total. The number of benzene rings is 1. The number of likely N-dealkylation sites (tertiary alicyclic amines) is 1. The Morgan fingerprint density at radius 2 is 1.96 bits per heavy atom. The van der Waals surface area contributed by atoms with Crippen LogP contribution < -0.4 is 4.72 Å². The highest BCUT2D eigenvalue weighted by Gasteiger charge is 2.33. The molecule has 2 fully saturated rings. The first kappa shape index (κ1) is 19.8. The molecule has 1 amide bonds. The molecule has 1 aliphatic carbocycles. The Balaban J connectivity index is 1.59. The van der Waals surface area contributed by atoms with Crippen molar-refractivity contribution in [2.45, 2.75) is 44.6 Å². The molecule has 1 saturated carbocycles. The summed E-state index contributed by atoms with van der Waals surface area (Å²) in [6.07, 6.45) is 7.08. The zero-order valence-corrected chi connectivity index (χ0v) is 16.0. The van der Waals surface area contributed by atoms with Crippen LogP contribution in [0.2, 0.25) is 0 Å². The molecule has 27 heavy (non-hydrogen) atoms. The number of rotatable bonds is 6. The Morgan fingerprint density at radius 3 is 2.74 bits per heavy atom. The summed E-state index contributed by atoms with van der Waals surface area (Å²) in [6.45, 7) is 1.30. The number of nitrogens with zero attached hydrogens (tertiary/aromatic N) is 2. The normalized spacial score (nSPS) is 23.4. The predicted octanol–water partition coefficient (Wildman–Crippen LogP) is 2.31. The van der Waals surface area contributed by atoms with Gasteiger partial charge in [0.25, 0.3) is 11.6 Å². The van der Waals surface area contributed by atoms with Gasteiger partial charge in [0, 0.05) is 30.3 Å². The Morgan fingerprint density at radius 1 is 1.22 bits per heavy atom. The number of hydrogen-bond donors (Lipinski definition) is 1. The Labute approximate surface area is 159 Å². The lowest BCUT2D eigenvalue weighted by Crippen LogP contribution is -2.49. The fourth-order valence-corrected chi connectivity index (χ4v) is 5.23. The van der Waals surface area contributed by atoms with Gasteiger partial charge in [0.2, 0.25) is 10.0 Å². The smallest absolute Gasteiger partial charge is 0.270 e. The first-order valence-electron chi connectivity index (χ1n) is 9.39. The van der Waals surface area contributed by atoms with Crippen LogP contribution in [0.4, 0.5) is 5.69 Å². The minimum Gasteiger partial charge on any atom is -0.299 e. The Hall–Kier alpha value is -2.00. The van der Waals surface area contributed by atoms with Gasteiger partial charge in [-0.3, -0.25) is 19.8 Å². The second-order valence-electron chi connectivity index (χ2n) is 7.35. The van der Waals surface area contributed by atoms with E-state index in [4.69, 9.17) is 0 Å². The molecule has 0 spiro atoms. The van der Waals surface area contributed by atoms with E-state index in [1.165, 1.54) is 43.9 Å². The van der Waals surface area contributed by atoms with Crippen LogP contribution in [-0.2, 0) is 10.0 Å². The van der Waals surface area contributed by atoms with E-state index < -0.39 is 20.9 Å². The van der Waals surface area contributed by atoms with Crippen molar-refractivity contribution in [1.82, 2.24) is 9.62 Å². The molecule has 9 heteroatoms. The van der Waals surface area contributed by atoms with Gasteiger partial charge >= 0.3 is 0 Å². The molecule has 0 bridgehead atoms. The first-order valence-corrected chi connectivity index (χ1v) is 11.0. The molecule has 2 atom stereocenters. The number of nitrogens with one attached hydrogen (secondary N) is 1. The summed E-state index contributed by atoms with van der Waals surface area (Å²) < 4.78 is 26.7. The Kier molecular flexibility index (Phi) is 6.11. The van der Waals surface area contributed by atoms with E-state index >= 15 is 0 Å². The summed E-state index contributed by atoms with van der Waals surface area (Å²) in [5.74, 6) is -0.334. The Bertz CT molecular complexity index is 809. The monoisotopic (exact) mass is 395 g/mol. The molecular weight excluding hydrogens is 370 g/mol. The molecule has 2 aliphatic rings. The van der Waals surface area contributed by atoms with E-state index in [-0.39, 0.29) is 17.0 Å². The molecule has 3 rings (SSSR count). The van der Waals surface area contributed by atoms with Gasteiger partial charge in [-0.15, -0.1) is 0 Å². The van der Waals surface area contributed by atoms with Gasteiger partial charge in [-0.05, 0) is 44.2 Å². The second kappa shape index (κ2) is 8.35. The minimum absolute atomic E-state index is 0.0434. The van der Waals surface area contributed by atoms with E-state index in [2.05, 4.69) is 4.90 Å². The molecule has 1 aliphatic heterocycles. The third kappa shape index (κ3) is 5.04. The van der Waals surface area contributed by atoms with Gasteiger partial charge < -0.3 is 0 Å². The van der Waals surface area contributed by atoms with Crippen molar-refractivity contribution in [3.05, 3.63) is 39.9 Å². The summed E-state index contributed by atoms with van der Waals surface area (Å²) in [7, 11) is -3.81. The highest BCUT2D eigenvalue weighted by atomic mass is 32.2. The maximum Gasteiger partial charge on any atom is 0.270 e. The third-order valence-electron chi connectivity index (χ3n) is 5.57. The van der Waals surface area contributed by atoms with E-state index in [9.17, 15) is 23.3 Å². The lowest BCUT2D eigenvalue weighted by molar-refractivity contribution is -0.384. The van der Waals surface area contributed by atoms with Gasteiger partial charge in [0.1, 0.15) is 0 Å². The van der Waals surface area contributed by atoms with E-state index in [0.717, 1.165) is 25.5 Å². The lowest BCUT2D eigenvalue weighted by atomic mass is 9.78. The van der Waals surface area contributed by atoms with Crippen molar-refractivity contribution in [3.8, 4) is 0 Å². The van der Waals surface area contributed by atoms with Crippen molar-refractivity contribution in [2.75, 3.05) is 18.8 Å². The fourth-order valence-electron chi connectivity index (χ4n) is 4.25. The van der Waals surface area contributed by atoms with Crippen LogP contribution in [0.25, 0.3) is 0 Å². The topological polar surface area (TPSA) is 110 Å². The van der Waals surface area contributed by atoms with E-state index in [1.54, 1.807) is 0 Å². The lowest BCUT2D eigenvalue weighted by Gasteiger charge is -2.44. The quantitative estimate of drug-likeness (QED) is 0.585. The van der Waals surface area contributed by atoms with Crippen LogP contribution in [0.5, 0.6) is 0 Å². The summed E-state index contributed by atoms with van der Waals surface area (Å²) >= 11 is 0. The van der Waals surface area contributed by atoms with Crippen molar-refractivity contribution in [1.29, 1.82) is 0 Å². The van der Waals surface area contributed by atoms with Gasteiger partial charge in [-0.25, -0.2) is 13.1 Å². The van der Waals surface area contributed by atoms with E-state index in [1.807, 2.05) is 4.72 Å². The minimum atomic E-state index is -3.81. The number of nitro benzene ring substituents is 1. The summed E-state index contributed by atoms with van der Waals surface area (Å²) in [4.78, 5) is 24.6. The first-order chi connectivity index (χ1) is 12.9. The van der Waals surface area contributed by atoms with Gasteiger partial charge in [-0.2, -0.15) is 0 Å². The van der Waals surface area contributed by atoms with Crippen molar-refractivity contribution < 1.29 is 18.1 Å². The fraction of sp³-hybridized carbons (Fsp3) is 0.611. The molecule has 1 aromatic carbocycles. The highest BCUT2D eigenvalue weighted by molar-refractivity contribution is 7.90. The molecular formula is C18H25N3O5S. The average Bonchev–Trinajstić information content (AvgIpc) is 2.66. The van der Waals surface area contributed by atoms with Crippen LogP contribution >= 0.6 is 0 Å². The molecule has 0 radical (unpaired) electrons. The van der Waals surface area contributed by atoms with Crippen LogP contribution in [0, 0.1) is 16.0 Å². The molecule has 148 valence electrons. The maximum atomic E-state index is 12.3. The van der Waals surface area contributed by atoms with Gasteiger partial charge in [0.15, 0.2) is 0 Å². The SMILES string of the molecule is O=C(NS(=O)(=O)CCN1CCCC2CCCCC21)c1cccc([N+](=O)[O-])c1. The van der Waals surface area contributed by atoms with E-state index in [0.29, 0.717) is 18.5 Å². The van der Waals surface area contributed by atoms with Crippen LogP contribution in [0.3, 0.4) is 0 Å². The van der Waals surface area contributed by atoms with Crippen LogP contribution in [0.15, 0.2) is 24.3 Å².